The molecule has 0 aliphatic carbocycles. The van der Waals surface area contributed by atoms with Crippen molar-refractivity contribution >= 4 is 39.4 Å². The Balaban J connectivity index is 1.32. The largest absolute Gasteiger partial charge is 0.484 e. The predicted molar refractivity (Wildman–Crippen MR) is 165 cm³/mol. The van der Waals surface area contributed by atoms with Crippen molar-refractivity contribution in [1.82, 2.24) is 10.7 Å². The summed E-state index contributed by atoms with van der Waals surface area (Å²) in [5, 5.41) is 18.0. The highest BCUT2D eigenvalue weighted by Crippen LogP contribution is 2.26. The summed E-state index contributed by atoms with van der Waals surface area (Å²) in [6.07, 6.45) is 2.06. The Morgan fingerprint density at radius 2 is 1.57 bits per heavy atom. The summed E-state index contributed by atoms with van der Waals surface area (Å²) in [4.78, 5) is 35.4. The van der Waals surface area contributed by atoms with E-state index in [1.165, 1.54) is 48.7 Å². The lowest BCUT2D eigenvalue weighted by molar-refractivity contribution is -0.384. The van der Waals surface area contributed by atoms with E-state index in [0.717, 1.165) is 15.9 Å². The fraction of sp³-hybridized carbons (Fsp3) is 0.129. The Bertz CT molecular complexity index is 1720. The zero-order valence-electron chi connectivity index (χ0n) is 23.4. The quantitative estimate of drug-likeness (QED) is 0.124. The average Bonchev–Trinajstić information content (AvgIpc) is 3.04. The second-order valence-electron chi connectivity index (χ2n) is 9.34. The normalized spacial score (nSPS) is 11.1. The number of nitro groups is 1. The summed E-state index contributed by atoms with van der Waals surface area (Å²) in [6.45, 7) is -0.338. The fourth-order valence-electron chi connectivity index (χ4n) is 3.98. The van der Waals surface area contributed by atoms with E-state index in [4.69, 9.17) is 4.74 Å². The minimum atomic E-state index is -4.25. The molecule has 4 rings (SSSR count). The number of hydrazone groups is 1. The van der Waals surface area contributed by atoms with Crippen molar-refractivity contribution in [3.63, 3.8) is 0 Å². The molecule has 4 aromatic rings. The van der Waals surface area contributed by atoms with Crippen LogP contribution < -0.4 is 19.8 Å². The zero-order chi connectivity index (χ0) is 31.4. The SMILES string of the molecule is O=C(COc1ccc(/C=N\NC(=O)CN(c2cccc([N+](=O)[O-])c2)S(=O)(=O)c2ccccc2)cc1)NCCc1ccccc1. The van der Waals surface area contributed by atoms with E-state index in [2.05, 4.69) is 15.8 Å². The summed E-state index contributed by atoms with van der Waals surface area (Å²) in [5.74, 6) is -0.559. The molecule has 0 saturated heterocycles. The van der Waals surface area contributed by atoms with Crippen molar-refractivity contribution in [3.8, 4) is 5.75 Å². The van der Waals surface area contributed by atoms with Gasteiger partial charge in [-0.2, -0.15) is 5.10 Å². The van der Waals surface area contributed by atoms with Crippen LogP contribution in [0.3, 0.4) is 0 Å². The van der Waals surface area contributed by atoms with Crippen LogP contribution in [-0.4, -0.2) is 51.1 Å². The van der Waals surface area contributed by atoms with E-state index in [1.807, 2.05) is 30.3 Å². The maximum absolute atomic E-state index is 13.4. The number of rotatable bonds is 14. The number of nitro benzene ring substituents is 1. The van der Waals surface area contributed by atoms with E-state index < -0.39 is 27.4 Å². The third kappa shape index (κ3) is 8.97. The van der Waals surface area contributed by atoms with E-state index in [9.17, 15) is 28.1 Å². The molecule has 13 heteroatoms. The second kappa shape index (κ2) is 15.1. The van der Waals surface area contributed by atoms with Crippen LogP contribution in [-0.2, 0) is 26.0 Å². The molecule has 0 atom stereocenters. The fourth-order valence-corrected chi connectivity index (χ4v) is 5.42. The summed E-state index contributed by atoms with van der Waals surface area (Å²) in [7, 11) is -4.25. The molecule has 0 bridgehead atoms. The van der Waals surface area contributed by atoms with Gasteiger partial charge in [-0.25, -0.2) is 13.8 Å². The third-order valence-electron chi connectivity index (χ3n) is 6.18. The lowest BCUT2D eigenvalue weighted by Crippen LogP contribution is -2.39. The van der Waals surface area contributed by atoms with E-state index in [1.54, 1.807) is 30.3 Å². The number of carbonyl (C=O) groups is 2. The van der Waals surface area contributed by atoms with Crippen molar-refractivity contribution in [2.24, 2.45) is 5.10 Å². The summed E-state index contributed by atoms with van der Waals surface area (Å²) >= 11 is 0. The maximum atomic E-state index is 13.4. The summed E-state index contributed by atoms with van der Waals surface area (Å²) in [6, 6.07) is 28.8. The van der Waals surface area contributed by atoms with Gasteiger partial charge in [0.15, 0.2) is 6.61 Å². The molecule has 0 spiro atoms. The van der Waals surface area contributed by atoms with Crippen LogP contribution in [0, 0.1) is 10.1 Å². The van der Waals surface area contributed by atoms with Crippen LogP contribution in [0.5, 0.6) is 5.75 Å². The number of non-ortho nitro benzene ring substituents is 1. The van der Waals surface area contributed by atoms with Gasteiger partial charge in [0, 0.05) is 18.7 Å². The van der Waals surface area contributed by atoms with Crippen molar-refractivity contribution in [2.75, 3.05) is 24.0 Å². The van der Waals surface area contributed by atoms with Crippen LogP contribution in [0.1, 0.15) is 11.1 Å². The van der Waals surface area contributed by atoms with Crippen molar-refractivity contribution in [2.45, 2.75) is 11.3 Å². The number of hydrogen-bond donors (Lipinski definition) is 2. The van der Waals surface area contributed by atoms with Crippen LogP contribution in [0.4, 0.5) is 11.4 Å². The molecule has 0 aromatic heterocycles. The van der Waals surface area contributed by atoms with E-state index in [-0.39, 0.29) is 28.8 Å². The molecule has 0 saturated carbocycles. The summed E-state index contributed by atoms with van der Waals surface area (Å²) in [5.41, 5.74) is 3.62. The molecule has 2 amide bonds. The zero-order valence-corrected chi connectivity index (χ0v) is 24.2. The lowest BCUT2D eigenvalue weighted by Gasteiger charge is -2.23. The standard InChI is InChI=1S/C31H29N5O7S/c37-30(22-35(26-10-7-11-27(20-26)36(39)40)44(41,42)29-12-5-2-6-13-29)34-33-21-25-14-16-28(17-15-25)43-23-31(38)32-19-18-24-8-3-1-4-9-24/h1-17,20-21H,18-19,22-23H2,(H,32,38)(H,34,37)/b33-21-. The van der Waals surface area contributed by atoms with Crippen LogP contribution >= 0.6 is 0 Å². The van der Waals surface area contributed by atoms with E-state index >= 15 is 0 Å². The molecule has 0 aliphatic heterocycles. The van der Waals surface area contributed by atoms with Gasteiger partial charge in [-0.05, 0) is 60.0 Å². The lowest BCUT2D eigenvalue weighted by atomic mass is 10.1. The monoisotopic (exact) mass is 615 g/mol. The van der Waals surface area contributed by atoms with Gasteiger partial charge in [-0.3, -0.25) is 24.0 Å². The highest BCUT2D eigenvalue weighted by atomic mass is 32.2. The van der Waals surface area contributed by atoms with Gasteiger partial charge in [0.25, 0.3) is 27.5 Å². The number of carbonyl (C=O) groups excluding carboxylic acids is 2. The Hall–Kier alpha value is -5.56. The number of benzene rings is 4. The number of amides is 2. The third-order valence-corrected chi connectivity index (χ3v) is 7.97. The van der Waals surface area contributed by atoms with Gasteiger partial charge in [0.2, 0.25) is 0 Å². The van der Waals surface area contributed by atoms with Crippen LogP contribution in [0.25, 0.3) is 0 Å². The van der Waals surface area contributed by atoms with Gasteiger partial charge in [0.1, 0.15) is 12.3 Å². The molecule has 12 nitrogen and oxygen atoms in total. The predicted octanol–water partition coefficient (Wildman–Crippen LogP) is 3.68. The van der Waals surface area contributed by atoms with Crippen LogP contribution in [0.2, 0.25) is 0 Å². The number of nitrogens with zero attached hydrogens (tertiary/aromatic N) is 3. The van der Waals surface area contributed by atoms with Gasteiger partial charge in [-0.1, -0.05) is 54.6 Å². The Morgan fingerprint density at radius 3 is 2.25 bits per heavy atom. The molecule has 4 aromatic carbocycles. The minimum Gasteiger partial charge on any atom is -0.484 e. The highest BCUT2D eigenvalue weighted by molar-refractivity contribution is 7.92. The van der Waals surface area contributed by atoms with Crippen molar-refractivity contribution in [1.29, 1.82) is 0 Å². The first-order valence-electron chi connectivity index (χ1n) is 13.4. The topological polar surface area (TPSA) is 160 Å². The Morgan fingerprint density at radius 1 is 0.886 bits per heavy atom. The number of sulfonamides is 1. The maximum Gasteiger partial charge on any atom is 0.271 e. The summed E-state index contributed by atoms with van der Waals surface area (Å²) < 4.78 is 33.1. The second-order valence-corrected chi connectivity index (χ2v) is 11.2. The first-order valence-corrected chi connectivity index (χ1v) is 14.8. The molecule has 0 radical (unpaired) electrons. The molecule has 226 valence electrons. The molecule has 0 heterocycles. The molecule has 0 fully saturated rings. The number of anilines is 1. The van der Waals surface area contributed by atoms with Gasteiger partial charge in [0.05, 0.1) is 21.7 Å². The molecular weight excluding hydrogens is 586 g/mol. The van der Waals surface area contributed by atoms with E-state index in [0.29, 0.717) is 24.3 Å². The number of ether oxygens (including phenoxy) is 1. The van der Waals surface area contributed by atoms with Gasteiger partial charge in [-0.15, -0.1) is 0 Å². The molecule has 0 aliphatic rings. The molecule has 0 unspecified atom stereocenters. The molecule has 44 heavy (non-hydrogen) atoms. The van der Waals surface area contributed by atoms with Crippen LogP contribution in [0.15, 0.2) is 119 Å². The Labute approximate surface area is 254 Å². The smallest absolute Gasteiger partial charge is 0.271 e. The number of hydrogen-bond acceptors (Lipinski definition) is 8. The molecular formula is C31H29N5O7S. The Kier molecular flexibility index (Phi) is 10.7. The van der Waals surface area contributed by atoms with Gasteiger partial charge < -0.3 is 10.1 Å². The average molecular weight is 616 g/mol. The first kappa shape index (κ1) is 31.4. The molecule has 2 N–H and O–H groups in total. The van der Waals surface area contributed by atoms with Crippen molar-refractivity contribution in [3.05, 3.63) is 130 Å². The van der Waals surface area contributed by atoms with Gasteiger partial charge >= 0.3 is 0 Å². The number of nitrogens with one attached hydrogen (secondary N) is 2. The minimum absolute atomic E-state index is 0.0531. The first-order chi connectivity index (χ1) is 21.2. The highest BCUT2D eigenvalue weighted by Gasteiger charge is 2.28. The van der Waals surface area contributed by atoms with Crippen molar-refractivity contribution < 1.29 is 27.7 Å².